The lowest BCUT2D eigenvalue weighted by Crippen LogP contribution is -2.39. The van der Waals surface area contributed by atoms with Crippen molar-refractivity contribution in [2.24, 2.45) is 0 Å². The Kier molecular flexibility index (Phi) is 8.42. The predicted molar refractivity (Wildman–Crippen MR) is 152 cm³/mol. The minimum Gasteiger partial charge on any atom is -0.379 e. The average molecular weight is 558 g/mol. The second-order valence-corrected chi connectivity index (χ2v) is 11.3. The number of ether oxygens (including phenoxy) is 1. The first-order chi connectivity index (χ1) is 18.4. The fraction of sp³-hybridized carbons (Fsp3) is 0.481. The highest BCUT2D eigenvalue weighted by molar-refractivity contribution is 7.22. The van der Waals surface area contributed by atoms with Gasteiger partial charge < -0.3 is 9.64 Å². The Morgan fingerprint density at radius 3 is 2.66 bits per heavy atom. The standard InChI is InChI=1S/C27H32ClN5O4S/c1-19-16-21(28)18-24-25(19)29-27(38-24)32(11-5-8-30-12-14-37-15-13-30)26(34)20-6-7-22(23(17-20)33(35)36)31-9-3-2-4-10-31/h6-7,16-18H,2-5,8-15H2,1H3. The molecule has 2 fully saturated rings. The number of halogens is 1. The van der Waals surface area contributed by atoms with E-state index in [1.807, 2.05) is 19.1 Å². The van der Waals surface area contributed by atoms with E-state index in [1.165, 1.54) is 17.4 Å². The van der Waals surface area contributed by atoms with Crippen LogP contribution < -0.4 is 9.80 Å². The first-order valence-electron chi connectivity index (χ1n) is 13.1. The molecule has 9 nitrogen and oxygen atoms in total. The van der Waals surface area contributed by atoms with Crippen LogP contribution in [0.4, 0.5) is 16.5 Å². The van der Waals surface area contributed by atoms with Crippen molar-refractivity contribution in [3.8, 4) is 0 Å². The number of nitro benzene ring substituents is 1. The van der Waals surface area contributed by atoms with Crippen molar-refractivity contribution in [1.29, 1.82) is 0 Å². The molecule has 2 aliphatic rings. The zero-order chi connectivity index (χ0) is 26.6. The first-order valence-corrected chi connectivity index (χ1v) is 14.3. The predicted octanol–water partition coefficient (Wildman–Crippen LogP) is 5.53. The highest BCUT2D eigenvalue weighted by Gasteiger charge is 2.27. The highest BCUT2D eigenvalue weighted by Crippen LogP contribution is 2.35. The number of amides is 1. The average Bonchev–Trinajstić information content (AvgIpc) is 3.35. The maximum Gasteiger partial charge on any atom is 0.293 e. The monoisotopic (exact) mass is 557 g/mol. The van der Waals surface area contributed by atoms with Crippen molar-refractivity contribution in [3.05, 3.63) is 56.6 Å². The van der Waals surface area contributed by atoms with Crippen LogP contribution in [-0.2, 0) is 4.74 Å². The molecule has 5 rings (SSSR count). The molecule has 0 spiro atoms. The fourth-order valence-corrected chi connectivity index (χ4v) is 6.62. The molecule has 3 heterocycles. The van der Waals surface area contributed by atoms with Gasteiger partial charge in [0.1, 0.15) is 5.69 Å². The Hall–Kier alpha value is -2.79. The number of carbonyl (C=O) groups is 1. The Morgan fingerprint density at radius 1 is 1.16 bits per heavy atom. The van der Waals surface area contributed by atoms with Crippen LogP contribution in [0.1, 0.15) is 41.6 Å². The number of aromatic nitrogens is 1. The topological polar surface area (TPSA) is 92.0 Å². The van der Waals surface area contributed by atoms with E-state index >= 15 is 0 Å². The quantitative estimate of drug-likeness (QED) is 0.266. The van der Waals surface area contributed by atoms with E-state index in [2.05, 4.69) is 9.80 Å². The van der Waals surface area contributed by atoms with E-state index in [0.29, 0.717) is 35.6 Å². The Labute approximate surface area is 231 Å². The molecule has 2 saturated heterocycles. The third-order valence-corrected chi connectivity index (χ3v) is 8.43. The number of anilines is 2. The lowest BCUT2D eigenvalue weighted by atomic mass is 10.1. The summed E-state index contributed by atoms with van der Waals surface area (Å²) in [4.78, 5) is 36.4. The van der Waals surface area contributed by atoms with Crippen LogP contribution in [0.2, 0.25) is 5.02 Å². The largest absolute Gasteiger partial charge is 0.379 e. The summed E-state index contributed by atoms with van der Waals surface area (Å²) in [5, 5.41) is 13.2. The van der Waals surface area contributed by atoms with Gasteiger partial charge in [-0.3, -0.25) is 24.7 Å². The molecule has 0 N–H and O–H groups in total. The van der Waals surface area contributed by atoms with Gasteiger partial charge >= 0.3 is 0 Å². The highest BCUT2D eigenvalue weighted by atomic mass is 35.5. The summed E-state index contributed by atoms with van der Waals surface area (Å²) < 4.78 is 6.35. The summed E-state index contributed by atoms with van der Waals surface area (Å²) in [6.07, 6.45) is 3.90. The summed E-state index contributed by atoms with van der Waals surface area (Å²) >= 11 is 7.69. The van der Waals surface area contributed by atoms with Gasteiger partial charge in [-0.1, -0.05) is 22.9 Å². The SMILES string of the molecule is Cc1cc(Cl)cc2sc(N(CCCN3CCOCC3)C(=O)c3ccc(N4CCCCC4)c([N+](=O)[O-])c3)nc12. The van der Waals surface area contributed by atoms with Gasteiger partial charge in [0.05, 0.1) is 28.4 Å². The normalized spacial score (nSPS) is 16.6. The molecule has 1 aromatic heterocycles. The maximum atomic E-state index is 13.9. The Morgan fingerprint density at radius 2 is 1.92 bits per heavy atom. The van der Waals surface area contributed by atoms with Gasteiger partial charge in [-0.2, -0.15) is 0 Å². The van der Waals surface area contributed by atoms with Crippen LogP contribution in [0.15, 0.2) is 30.3 Å². The van der Waals surface area contributed by atoms with E-state index in [1.54, 1.807) is 17.0 Å². The lowest BCUT2D eigenvalue weighted by molar-refractivity contribution is -0.384. The zero-order valence-corrected chi connectivity index (χ0v) is 23.1. The first kappa shape index (κ1) is 26.8. The number of fused-ring (bicyclic) bond motifs is 1. The minimum absolute atomic E-state index is 0.0297. The number of nitro groups is 1. The second kappa shape index (κ2) is 11.9. The van der Waals surface area contributed by atoms with Gasteiger partial charge in [-0.25, -0.2) is 4.98 Å². The zero-order valence-electron chi connectivity index (χ0n) is 21.5. The van der Waals surface area contributed by atoms with Crippen LogP contribution in [0, 0.1) is 17.0 Å². The van der Waals surface area contributed by atoms with Crippen molar-refractivity contribution in [1.82, 2.24) is 9.88 Å². The maximum absolute atomic E-state index is 13.9. The summed E-state index contributed by atoms with van der Waals surface area (Å²) in [5.74, 6) is -0.289. The number of piperidine rings is 1. The summed E-state index contributed by atoms with van der Waals surface area (Å²) in [7, 11) is 0. The fourth-order valence-electron chi connectivity index (χ4n) is 5.18. The summed E-state index contributed by atoms with van der Waals surface area (Å²) in [5.41, 5.74) is 2.59. The number of carbonyl (C=O) groups excluding carboxylic acids is 1. The minimum atomic E-state index is -0.382. The molecule has 0 bridgehead atoms. The number of thiazole rings is 1. The van der Waals surface area contributed by atoms with Crippen LogP contribution in [0.3, 0.4) is 0 Å². The Balaban J connectivity index is 1.45. The molecular formula is C27H32ClN5O4S. The number of benzene rings is 2. The summed E-state index contributed by atoms with van der Waals surface area (Å²) in [6, 6.07) is 8.59. The van der Waals surface area contributed by atoms with Crippen LogP contribution in [0.25, 0.3) is 10.2 Å². The van der Waals surface area contributed by atoms with Gasteiger partial charge in [0, 0.05) is 55.9 Å². The van der Waals surface area contributed by atoms with Crippen molar-refractivity contribution in [2.45, 2.75) is 32.6 Å². The molecule has 0 saturated carbocycles. The van der Waals surface area contributed by atoms with Gasteiger partial charge in [-0.15, -0.1) is 0 Å². The Bertz CT molecular complexity index is 1320. The van der Waals surface area contributed by atoms with Crippen LogP contribution in [0.5, 0.6) is 0 Å². The lowest BCUT2D eigenvalue weighted by Gasteiger charge is -2.29. The molecular weight excluding hydrogens is 526 g/mol. The van der Waals surface area contributed by atoms with Gasteiger partial charge in [0.2, 0.25) is 0 Å². The second-order valence-electron chi connectivity index (χ2n) is 9.84. The van der Waals surface area contributed by atoms with E-state index in [4.69, 9.17) is 21.3 Å². The molecule has 0 aliphatic carbocycles. The van der Waals surface area contributed by atoms with Crippen molar-refractivity contribution < 1.29 is 14.5 Å². The van der Waals surface area contributed by atoms with Crippen LogP contribution >= 0.6 is 22.9 Å². The molecule has 2 aliphatic heterocycles. The molecule has 11 heteroatoms. The number of hydrogen-bond donors (Lipinski definition) is 0. The van der Waals surface area contributed by atoms with Crippen molar-refractivity contribution in [3.63, 3.8) is 0 Å². The van der Waals surface area contributed by atoms with E-state index < -0.39 is 0 Å². The van der Waals surface area contributed by atoms with Crippen molar-refractivity contribution >= 4 is 55.6 Å². The number of nitrogens with zero attached hydrogens (tertiary/aromatic N) is 5. The van der Waals surface area contributed by atoms with E-state index in [-0.39, 0.29) is 22.1 Å². The molecule has 0 atom stereocenters. The number of hydrogen-bond acceptors (Lipinski definition) is 8. The number of rotatable bonds is 8. The van der Waals surface area contributed by atoms with Gasteiger partial charge in [-0.05, 0) is 62.4 Å². The summed E-state index contributed by atoms with van der Waals surface area (Å²) in [6.45, 7) is 7.98. The van der Waals surface area contributed by atoms with Crippen LogP contribution in [-0.4, -0.2) is 73.2 Å². The molecule has 1 amide bonds. The van der Waals surface area contributed by atoms with E-state index in [0.717, 1.165) is 74.2 Å². The molecule has 0 unspecified atom stereocenters. The van der Waals surface area contributed by atoms with Gasteiger partial charge in [0.15, 0.2) is 5.13 Å². The molecule has 0 radical (unpaired) electrons. The van der Waals surface area contributed by atoms with Crippen molar-refractivity contribution in [2.75, 3.05) is 62.3 Å². The molecule has 3 aromatic rings. The molecule has 38 heavy (non-hydrogen) atoms. The van der Waals surface area contributed by atoms with E-state index in [9.17, 15) is 14.9 Å². The van der Waals surface area contributed by atoms with Gasteiger partial charge in [0.25, 0.3) is 11.6 Å². The molecule has 2 aromatic carbocycles. The smallest absolute Gasteiger partial charge is 0.293 e. The number of aryl methyl sites for hydroxylation is 1. The third kappa shape index (κ3) is 5.93. The third-order valence-electron chi connectivity index (χ3n) is 7.19. The number of morpholine rings is 1. The molecule has 202 valence electrons.